The number of carboxylic acids is 1. The average molecular weight is 629 g/mol. The van der Waals surface area contributed by atoms with Crippen LogP contribution in [0.1, 0.15) is 63.7 Å². The van der Waals surface area contributed by atoms with Crippen LogP contribution in [-0.2, 0) is 17.6 Å². The number of halogens is 4. The molecule has 0 radical (unpaired) electrons. The molecule has 0 spiro atoms. The molecule has 1 amide bonds. The van der Waals surface area contributed by atoms with Crippen molar-refractivity contribution in [2.75, 3.05) is 13.1 Å². The van der Waals surface area contributed by atoms with E-state index in [2.05, 4.69) is 10.1 Å². The van der Waals surface area contributed by atoms with Gasteiger partial charge in [0.25, 0.3) is 0 Å². The van der Waals surface area contributed by atoms with E-state index in [0.29, 0.717) is 64.3 Å². The van der Waals surface area contributed by atoms with Crippen LogP contribution in [0.15, 0.2) is 48.7 Å². The first-order valence-electron chi connectivity index (χ1n) is 14.2. The van der Waals surface area contributed by atoms with Gasteiger partial charge in [-0.3, -0.25) is 4.79 Å². The first kappa shape index (κ1) is 29.8. The molecule has 13 heteroatoms. The van der Waals surface area contributed by atoms with Crippen molar-refractivity contribution in [3.63, 3.8) is 0 Å². The second-order valence-corrected chi connectivity index (χ2v) is 12.3. The summed E-state index contributed by atoms with van der Waals surface area (Å²) in [5.74, 6) is -1.56. The van der Waals surface area contributed by atoms with Gasteiger partial charge in [0, 0.05) is 35.5 Å². The van der Waals surface area contributed by atoms with Crippen molar-refractivity contribution in [1.82, 2.24) is 19.7 Å². The number of ether oxygens (including phenoxy) is 1. The zero-order chi connectivity index (χ0) is 31.2. The zero-order valence-electron chi connectivity index (χ0n) is 23.6. The Hall–Kier alpha value is -4.26. The van der Waals surface area contributed by atoms with E-state index in [-0.39, 0.29) is 36.0 Å². The minimum atomic E-state index is -4.97. The van der Waals surface area contributed by atoms with E-state index < -0.39 is 23.4 Å². The van der Waals surface area contributed by atoms with Gasteiger partial charge in [-0.2, -0.15) is 18.3 Å². The lowest BCUT2D eigenvalue weighted by molar-refractivity contribution is -0.143. The fourth-order valence-electron chi connectivity index (χ4n) is 5.60. The normalized spacial score (nSPS) is 15.9. The number of benzene rings is 1. The molecule has 1 aromatic carbocycles. The monoisotopic (exact) mass is 628 g/mol. The summed E-state index contributed by atoms with van der Waals surface area (Å²) in [7, 11) is 0. The van der Waals surface area contributed by atoms with Crippen LogP contribution in [0.3, 0.4) is 0 Å². The van der Waals surface area contributed by atoms with Gasteiger partial charge in [-0.1, -0.05) is 12.1 Å². The van der Waals surface area contributed by atoms with E-state index in [9.17, 15) is 27.9 Å². The van der Waals surface area contributed by atoms with E-state index in [1.165, 1.54) is 29.5 Å². The van der Waals surface area contributed by atoms with Crippen LogP contribution >= 0.6 is 11.3 Å². The van der Waals surface area contributed by atoms with Crippen LogP contribution in [-0.4, -0.2) is 49.7 Å². The third-order valence-electron chi connectivity index (χ3n) is 7.92. The number of hydrogen-bond donors (Lipinski definition) is 1. The number of amides is 1. The summed E-state index contributed by atoms with van der Waals surface area (Å²) in [6, 6.07) is 11.1. The second-order valence-electron chi connectivity index (χ2n) is 11.1. The van der Waals surface area contributed by atoms with Gasteiger partial charge < -0.3 is 14.7 Å². The topological polar surface area (TPSA) is 97.6 Å². The van der Waals surface area contributed by atoms with Gasteiger partial charge in [-0.25, -0.2) is 18.9 Å². The predicted molar refractivity (Wildman–Crippen MR) is 153 cm³/mol. The molecule has 0 bridgehead atoms. The van der Waals surface area contributed by atoms with E-state index in [1.54, 1.807) is 18.2 Å². The molecule has 44 heavy (non-hydrogen) atoms. The predicted octanol–water partition coefficient (Wildman–Crippen LogP) is 6.86. The van der Waals surface area contributed by atoms with Gasteiger partial charge in [0.1, 0.15) is 23.7 Å². The summed E-state index contributed by atoms with van der Waals surface area (Å²) >= 11 is 1.37. The Labute approximate surface area is 253 Å². The number of carbonyl (C=O) groups excluding carboxylic acids is 1. The van der Waals surface area contributed by atoms with Gasteiger partial charge in [0.05, 0.1) is 16.8 Å². The Morgan fingerprint density at radius 2 is 1.84 bits per heavy atom. The Balaban J connectivity index is 1.17. The fraction of sp³-hybridized carbons (Fsp3) is 0.355. The van der Waals surface area contributed by atoms with Gasteiger partial charge in [0.2, 0.25) is 5.91 Å². The maximum Gasteiger partial charge on any atom is 0.434 e. The number of thiophene rings is 1. The smallest absolute Gasteiger partial charge is 0.434 e. The molecule has 3 aromatic heterocycles. The highest BCUT2D eigenvalue weighted by Gasteiger charge is 2.41. The van der Waals surface area contributed by atoms with Crippen molar-refractivity contribution in [1.29, 1.82) is 0 Å². The molecule has 2 aliphatic rings. The summed E-state index contributed by atoms with van der Waals surface area (Å²) in [5, 5.41) is 12.9. The largest absolute Gasteiger partial charge is 0.489 e. The van der Waals surface area contributed by atoms with Crippen LogP contribution < -0.4 is 4.74 Å². The van der Waals surface area contributed by atoms with Crippen LogP contribution in [0.25, 0.3) is 16.4 Å². The number of alkyl halides is 3. The number of aromatic carboxylic acids is 1. The number of carbonyl (C=O) groups is 2. The number of pyridine rings is 1. The SMILES string of the molecule is Cc1cc(COc2ccc(C3CCN(C(=O)C4CC4)CC3)c(F)c2)c(-c2cccc(-n3ncc(C(=O)O)c3C(F)(F)F)n2)s1. The van der Waals surface area contributed by atoms with Gasteiger partial charge in [-0.05, 0) is 68.4 Å². The maximum atomic E-state index is 15.2. The van der Waals surface area contributed by atoms with E-state index >= 15 is 4.39 Å². The van der Waals surface area contributed by atoms with Crippen molar-refractivity contribution in [3.8, 4) is 22.1 Å². The third-order valence-corrected chi connectivity index (χ3v) is 9.04. The lowest BCUT2D eigenvalue weighted by atomic mass is 9.89. The number of rotatable bonds is 8. The molecule has 1 aliphatic heterocycles. The molecule has 230 valence electrons. The molecule has 8 nitrogen and oxygen atoms in total. The molecular weight excluding hydrogens is 600 g/mol. The van der Waals surface area contributed by atoms with Crippen LogP contribution in [0.5, 0.6) is 5.75 Å². The first-order chi connectivity index (χ1) is 21.0. The minimum absolute atomic E-state index is 0.0241. The van der Waals surface area contributed by atoms with Crippen LogP contribution in [0.4, 0.5) is 17.6 Å². The lowest BCUT2D eigenvalue weighted by Crippen LogP contribution is -2.38. The number of piperidine rings is 1. The number of aromatic nitrogens is 3. The van der Waals surface area contributed by atoms with Gasteiger partial charge >= 0.3 is 12.1 Å². The highest BCUT2D eigenvalue weighted by molar-refractivity contribution is 7.15. The molecule has 1 aliphatic carbocycles. The number of aryl methyl sites for hydroxylation is 1. The number of nitrogens with zero attached hydrogens (tertiary/aromatic N) is 4. The molecule has 0 atom stereocenters. The standard InChI is InChI=1S/C31H28F4N4O4S/c1-17-13-20(16-43-21-7-8-22(24(32)14-21)18-9-11-38(12-10-18)29(40)19-5-6-19)27(44-17)25-3-2-4-26(37-25)39-28(31(33,34)35)23(15-36-39)30(41)42/h2-4,7-8,13-15,18-19H,5-6,9-12,16H2,1H3,(H,41,42). The Morgan fingerprint density at radius 1 is 1.09 bits per heavy atom. The van der Waals surface area contributed by atoms with Crippen LogP contribution in [0, 0.1) is 18.7 Å². The summed E-state index contributed by atoms with van der Waals surface area (Å²) in [5.41, 5.74) is -0.738. The summed E-state index contributed by atoms with van der Waals surface area (Å²) in [6.07, 6.45) is -0.976. The van der Waals surface area contributed by atoms with E-state index in [0.717, 1.165) is 17.7 Å². The Morgan fingerprint density at radius 3 is 2.50 bits per heavy atom. The van der Waals surface area contributed by atoms with Gasteiger partial charge in [0.15, 0.2) is 11.5 Å². The van der Waals surface area contributed by atoms with E-state index in [1.807, 2.05) is 17.9 Å². The summed E-state index contributed by atoms with van der Waals surface area (Å²) in [4.78, 5) is 31.6. The first-order valence-corrected chi connectivity index (χ1v) is 15.0. The molecule has 4 aromatic rings. The molecular formula is C31H28F4N4O4S. The van der Waals surface area contributed by atoms with Crippen molar-refractivity contribution in [2.45, 2.75) is 51.3 Å². The highest BCUT2D eigenvalue weighted by Crippen LogP contribution is 2.38. The van der Waals surface area contributed by atoms with Crippen molar-refractivity contribution in [2.24, 2.45) is 5.92 Å². The fourth-order valence-corrected chi connectivity index (χ4v) is 6.59. The average Bonchev–Trinajstić information content (AvgIpc) is 3.61. The lowest BCUT2D eigenvalue weighted by Gasteiger charge is -2.32. The van der Waals surface area contributed by atoms with Crippen molar-refractivity contribution in [3.05, 3.63) is 81.7 Å². The molecule has 1 saturated carbocycles. The van der Waals surface area contributed by atoms with Gasteiger partial charge in [-0.15, -0.1) is 11.3 Å². The molecule has 1 N–H and O–H groups in total. The maximum absolute atomic E-state index is 15.2. The van der Waals surface area contributed by atoms with Crippen molar-refractivity contribution < 1.29 is 37.0 Å². The molecule has 4 heterocycles. The molecule has 6 rings (SSSR count). The molecule has 2 fully saturated rings. The number of carboxylic acid groups (broad SMARTS) is 1. The molecule has 1 saturated heterocycles. The zero-order valence-corrected chi connectivity index (χ0v) is 24.4. The Bertz CT molecular complexity index is 1720. The Kier molecular flexibility index (Phi) is 7.91. The minimum Gasteiger partial charge on any atom is -0.489 e. The second kappa shape index (κ2) is 11.7. The van der Waals surface area contributed by atoms with Crippen molar-refractivity contribution >= 4 is 23.2 Å². The van der Waals surface area contributed by atoms with E-state index in [4.69, 9.17) is 4.74 Å². The number of hydrogen-bond acceptors (Lipinski definition) is 6. The van der Waals surface area contributed by atoms with Crippen LogP contribution in [0.2, 0.25) is 0 Å². The number of likely N-dealkylation sites (tertiary alicyclic amines) is 1. The summed E-state index contributed by atoms with van der Waals surface area (Å²) < 4.78 is 62.9. The summed E-state index contributed by atoms with van der Waals surface area (Å²) in [6.45, 7) is 3.19. The molecule has 0 unspecified atom stereocenters. The highest BCUT2D eigenvalue weighted by atomic mass is 32.1. The third kappa shape index (κ3) is 6.05. The quantitative estimate of drug-likeness (QED) is 0.214.